The second-order valence-electron chi connectivity index (χ2n) is 6.12. The van der Waals surface area contributed by atoms with E-state index in [2.05, 4.69) is 35.1 Å². The zero-order valence-corrected chi connectivity index (χ0v) is 13.2. The molecule has 0 spiro atoms. The van der Waals surface area contributed by atoms with Crippen LogP contribution in [-0.4, -0.2) is 6.04 Å². The zero-order chi connectivity index (χ0) is 15.0. The Hall–Kier alpha value is -0.710. The van der Waals surface area contributed by atoms with Gasteiger partial charge < -0.3 is 5.32 Å². The largest absolute Gasteiger partial charge is 0.417 e. The molecule has 2 rings (SSSR count). The van der Waals surface area contributed by atoms with Crippen LogP contribution in [0.2, 0.25) is 0 Å². The third kappa shape index (κ3) is 3.48. The summed E-state index contributed by atoms with van der Waals surface area (Å²) in [6, 6.07) is 4.57. The van der Waals surface area contributed by atoms with Crippen molar-refractivity contribution in [3.8, 4) is 0 Å². The summed E-state index contributed by atoms with van der Waals surface area (Å²) in [6.07, 6.45) is 0.0966. The molecule has 5 heteroatoms. The van der Waals surface area contributed by atoms with Gasteiger partial charge in [-0.3, -0.25) is 0 Å². The summed E-state index contributed by atoms with van der Waals surface area (Å²) >= 11 is 2.97. The average molecular weight is 350 g/mol. The summed E-state index contributed by atoms with van der Waals surface area (Å²) in [5.74, 6) is 0. The van der Waals surface area contributed by atoms with Crippen molar-refractivity contribution in [3.63, 3.8) is 0 Å². The van der Waals surface area contributed by atoms with Crippen molar-refractivity contribution in [2.45, 2.75) is 51.7 Å². The van der Waals surface area contributed by atoms with Crippen molar-refractivity contribution < 1.29 is 13.2 Å². The molecule has 1 aliphatic rings. The maximum Gasteiger partial charge on any atom is 0.417 e. The fourth-order valence-corrected chi connectivity index (χ4v) is 3.27. The summed E-state index contributed by atoms with van der Waals surface area (Å²) in [5, 5.41) is 3.29. The van der Waals surface area contributed by atoms with Gasteiger partial charge in [-0.05, 0) is 36.5 Å². The summed E-state index contributed by atoms with van der Waals surface area (Å²) < 4.78 is 38.8. The summed E-state index contributed by atoms with van der Waals surface area (Å²) in [6.45, 7) is 4.35. The number of alkyl halides is 3. The van der Waals surface area contributed by atoms with E-state index in [0.29, 0.717) is 5.69 Å². The molecule has 20 heavy (non-hydrogen) atoms. The molecule has 0 aliphatic heterocycles. The van der Waals surface area contributed by atoms with Crippen LogP contribution in [-0.2, 0) is 6.18 Å². The van der Waals surface area contributed by atoms with Crippen molar-refractivity contribution in [2.75, 3.05) is 5.32 Å². The van der Waals surface area contributed by atoms with Crippen LogP contribution < -0.4 is 5.32 Å². The Kier molecular flexibility index (Phi) is 4.38. The molecule has 0 bridgehead atoms. The van der Waals surface area contributed by atoms with Gasteiger partial charge in [-0.25, -0.2) is 0 Å². The van der Waals surface area contributed by atoms with Gasteiger partial charge in [0.05, 0.1) is 5.56 Å². The predicted molar refractivity (Wildman–Crippen MR) is 78.8 cm³/mol. The molecule has 1 fully saturated rings. The topological polar surface area (TPSA) is 12.0 Å². The first-order valence-electron chi connectivity index (χ1n) is 6.83. The van der Waals surface area contributed by atoms with E-state index in [4.69, 9.17) is 0 Å². The average Bonchev–Trinajstić information content (AvgIpc) is 2.32. The lowest BCUT2D eigenvalue weighted by Crippen LogP contribution is -2.38. The van der Waals surface area contributed by atoms with Crippen molar-refractivity contribution in [1.29, 1.82) is 0 Å². The SMILES string of the molecule is CC1(C)CCCCC1Nc1ccc(Br)c(C(F)(F)F)c1. The van der Waals surface area contributed by atoms with E-state index in [-0.39, 0.29) is 15.9 Å². The summed E-state index contributed by atoms with van der Waals surface area (Å²) in [7, 11) is 0. The number of hydrogen-bond acceptors (Lipinski definition) is 1. The van der Waals surface area contributed by atoms with Crippen molar-refractivity contribution in [2.24, 2.45) is 5.41 Å². The first-order chi connectivity index (χ1) is 9.20. The van der Waals surface area contributed by atoms with Crippen LogP contribution in [0.1, 0.15) is 45.1 Å². The highest BCUT2D eigenvalue weighted by Crippen LogP contribution is 2.39. The van der Waals surface area contributed by atoms with Gasteiger partial charge in [0, 0.05) is 16.2 Å². The second-order valence-corrected chi connectivity index (χ2v) is 6.98. The molecule has 1 aliphatic carbocycles. The number of hydrogen-bond donors (Lipinski definition) is 1. The number of benzene rings is 1. The van der Waals surface area contributed by atoms with Gasteiger partial charge in [0.1, 0.15) is 0 Å². The van der Waals surface area contributed by atoms with Crippen LogP contribution in [0.5, 0.6) is 0 Å². The lowest BCUT2D eigenvalue weighted by molar-refractivity contribution is -0.138. The monoisotopic (exact) mass is 349 g/mol. The van der Waals surface area contributed by atoms with E-state index in [0.717, 1.165) is 19.3 Å². The lowest BCUT2D eigenvalue weighted by atomic mass is 9.73. The first kappa shape index (κ1) is 15.7. The third-order valence-electron chi connectivity index (χ3n) is 4.12. The molecular weight excluding hydrogens is 331 g/mol. The fourth-order valence-electron chi connectivity index (χ4n) is 2.80. The maximum absolute atomic E-state index is 12.9. The first-order valence-corrected chi connectivity index (χ1v) is 7.63. The third-order valence-corrected chi connectivity index (χ3v) is 4.81. The van der Waals surface area contributed by atoms with Crippen LogP contribution in [0.3, 0.4) is 0 Å². The lowest BCUT2D eigenvalue weighted by Gasteiger charge is -2.39. The highest BCUT2D eigenvalue weighted by Gasteiger charge is 2.35. The second kappa shape index (κ2) is 5.58. The smallest absolute Gasteiger partial charge is 0.382 e. The maximum atomic E-state index is 12.9. The molecule has 0 aromatic heterocycles. The number of rotatable bonds is 2. The molecule has 1 nitrogen and oxygen atoms in total. The van der Waals surface area contributed by atoms with E-state index >= 15 is 0 Å². The van der Waals surface area contributed by atoms with Crippen LogP contribution >= 0.6 is 15.9 Å². The Balaban J connectivity index is 2.22. The molecule has 1 unspecified atom stereocenters. The minimum absolute atomic E-state index is 0.0819. The van der Waals surface area contributed by atoms with Gasteiger partial charge in [-0.2, -0.15) is 13.2 Å². The van der Waals surface area contributed by atoms with Crippen molar-refractivity contribution in [3.05, 3.63) is 28.2 Å². The molecular formula is C15H19BrF3N. The highest BCUT2D eigenvalue weighted by atomic mass is 79.9. The molecule has 1 N–H and O–H groups in total. The Morgan fingerprint density at radius 3 is 2.55 bits per heavy atom. The van der Waals surface area contributed by atoms with E-state index in [1.807, 2.05) is 0 Å². The highest BCUT2D eigenvalue weighted by molar-refractivity contribution is 9.10. The van der Waals surface area contributed by atoms with Crippen molar-refractivity contribution in [1.82, 2.24) is 0 Å². The molecule has 0 saturated heterocycles. The van der Waals surface area contributed by atoms with Crippen LogP contribution in [0, 0.1) is 5.41 Å². The fraction of sp³-hybridized carbons (Fsp3) is 0.600. The molecule has 0 heterocycles. The van der Waals surface area contributed by atoms with Gasteiger partial charge in [-0.15, -0.1) is 0 Å². The Morgan fingerprint density at radius 1 is 1.25 bits per heavy atom. The summed E-state index contributed by atoms with van der Waals surface area (Å²) in [4.78, 5) is 0. The quantitative estimate of drug-likeness (QED) is 0.706. The number of halogens is 4. The molecule has 112 valence electrons. The minimum Gasteiger partial charge on any atom is -0.382 e. The normalized spacial score (nSPS) is 22.6. The summed E-state index contributed by atoms with van der Waals surface area (Å²) in [5.41, 5.74) is 0.0283. The molecule has 0 amide bonds. The van der Waals surface area contributed by atoms with Crippen LogP contribution in [0.25, 0.3) is 0 Å². The minimum atomic E-state index is -4.33. The van der Waals surface area contributed by atoms with Gasteiger partial charge in [0.2, 0.25) is 0 Å². The molecule has 1 saturated carbocycles. The standard InChI is InChI=1S/C15H19BrF3N/c1-14(2)8-4-3-5-13(14)20-10-6-7-12(16)11(9-10)15(17,18)19/h6-7,9,13,20H,3-5,8H2,1-2H3. The van der Waals surface area contributed by atoms with Gasteiger partial charge >= 0.3 is 6.18 Å². The van der Waals surface area contributed by atoms with Crippen LogP contribution in [0.4, 0.5) is 18.9 Å². The number of anilines is 1. The zero-order valence-electron chi connectivity index (χ0n) is 11.6. The van der Waals surface area contributed by atoms with Gasteiger partial charge in [0.15, 0.2) is 0 Å². The predicted octanol–water partition coefficient (Wildman–Crippen LogP) is 5.85. The molecule has 0 radical (unpaired) electrons. The molecule has 1 atom stereocenters. The molecule has 1 aromatic rings. The Morgan fingerprint density at radius 2 is 1.95 bits per heavy atom. The van der Waals surface area contributed by atoms with E-state index in [1.165, 1.54) is 18.6 Å². The number of nitrogens with one attached hydrogen (secondary N) is 1. The van der Waals surface area contributed by atoms with Crippen molar-refractivity contribution >= 4 is 21.6 Å². The molecule has 1 aromatic carbocycles. The van der Waals surface area contributed by atoms with E-state index < -0.39 is 11.7 Å². The van der Waals surface area contributed by atoms with Crippen LogP contribution in [0.15, 0.2) is 22.7 Å². The Labute approximate surface area is 126 Å². The van der Waals surface area contributed by atoms with E-state index in [1.54, 1.807) is 6.07 Å². The Bertz CT molecular complexity index is 482. The van der Waals surface area contributed by atoms with Gasteiger partial charge in [0.25, 0.3) is 0 Å². The van der Waals surface area contributed by atoms with Gasteiger partial charge in [-0.1, -0.05) is 42.6 Å². The van der Waals surface area contributed by atoms with E-state index in [9.17, 15) is 13.2 Å².